The van der Waals surface area contributed by atoms with Gasteiger partial charge in [0, 0.05) is 6.61 Å². The first-order chi connectivity index (χ1) is 3.63. The van der Waals surface area contributed by atoms with Crippen molar-refractivity contribution in [3.8, 4) is 0 Å². The van der Waals surface area contributed by atoms with E-state index in [1.807, 2.05) is 0 Å². The molecule has 8 heavy (non-hydrogen) atoms. The molecule has 48 valence electrons. The first kappa shape index (κ1) is 8.02. The highest BCUT2D eigenvalue weighted by Gasteiger charge is 1.99. The minimum absolute atomic E-state index is 0.386. The molecule has 0 aliphatic carbocycles. The number of hydrogen-bond donors (Lipinski definition) is 0. The predicted molar refractivity (Wildman–Crippen MR) is 38.3 cm³/mol. The van der Waals surface area contributed by atoms with Crippen molar-refractivity contribution in [1.82, 2.24) is 0 Å². The van der Waals surface area contributed by atoms with E-state index < -0.39 is 0 Å². The van der Waals surface area contributed by atoms with Crippen LogP contribution in [0.25, 0.3) is 0 Å². The molecule has 0 amide bonds. The topological polar surface area (TPSA) is 9.23 Å². The fourth-order valence-electron chi connectivity index (χ4n) is 0.385. The minimum atomic E-state index is 0.386. The summed E-state index contributed by atoms with van der Waals surface area (Å²) < 4.78 is 5.30. The molecular formula is C6H15BO. The monoisotopic (exact) mass is 114 g/mol. The average Bonchev–Trinajstić information content (AvgIpc) is 1.61. The summed E-state index contributed by atoms with van der Waals surface area (Å²) in [5.74, 6) is 0.664. The SMILES string of the molecule is CB(C)OCC(C)C. The highest BCUT2D eigenvalue weighted by Crippen LogP contribution is 1.93. The Hall–Kier alpha value is 0.0249. The van der Waals surface area contributed by atoms with Gasteiger partial charge in [-0.25, -0.2) is 0 Å². The fourth-order valence-corrected chi connectivity index (χ4v) is 0.385. The largest absolute Gasteiger partial charge is 0.436 e. The Bertz CT molecular complexity index is 44.5. The van der Waals surface area contributed by atoms with E-state index in [0.717, 1.165) is 6.61 Å². The molecule has 0 aromatic rings. The molecule has 0 aliphatic rings. The summed E-state index contributed by atoms with van der Waals surface area (Å²) in [5.41, 5.74) is 0. The normalized spacial score (nSPS) is 10.1. The van der Waals surface area contributed by atoms with E-state index in [1.54, 1.807) is 0 Å². The minimum Gasteiger partial charge on any atom is -0.436 e. The van der Waals surface area contributed by atoms with Gasteiger partial charge in [-0.3, -0.25) is 0 Å². The van der Waals surface area contributed by atoms with Gasteiger partial charge in [-0.1, -0.05) is 27.5 Å². The van der Waals surface area contributed by atoms with Gasteiger partial charge in [0.2, 0.25) is 0 Å². The second-order valence-corrected chi connectivity index (χ2v) is 2.78. The zero-order valence-corrected chi connectivity index (χ0v) is 6.27. The Morgan fingerprint density at radius 2 is 1.88 bits per heavy atom. The van der Waals surface area contributed by atoms with E-state index >= 15 is 0 Å². The summed E-state index contributed by atoms with van der Waals surface area (Å²) in [7, 11) is 0. The van der Waals surface area contributed by atoms with Gasteiger partial charge in [-0.15, -0.1) is 0 Å². The van der Waals surface area contributed by atoms with Crippen LogP contribution in [-0.4, -0.2) is 13.5 Å². The molecule has 0 aromatic heterocycles. The van der Waals surface area contributed by atoms with Gasteiger partial charge in [0.05, 0.1) is 0 Å². The van der Waals surface area contributed by atoms with E-state index in [2.05, 4.69) is 27.5 Å². The van der Waals surface area contributed by atoms with Crippen molar-refractivity contribution in [2.75, 3.05) is 6.61 Å². The van der Waals surface area contributed by atoms with Gasteiger partial charge in [-0.05, 0) is 5.92 Å². The van der Waals surface area contributed by atoms with Crippen LogP contribution in [0.15, 0.2) is 0 Å². The molecule has 0 spiro atoms. The quantitative estimate of drug-likeness (QED) is 0.509. The van der Waals surface area contributed by atoms with Gasteiger partial charge in [-0.2, -0.15) is 0 Å². The van der Waals surface area contributed by atoms with Crippen molar-refractivity contribution in [3.63, 3.8) is 0 Å². The van der Waals surface area contributed by atoms with Crippen LogP contribution in [0.5, 0.6) is 0 Å². The van der Waals surface area contributed by atoms with Gasteiger partial charge in [0.25, 0.3) is 6.92 Å². The van der Waals surface area contributed by atoms with Crippen molar-refractivity contribution < 1.29 is 4.65 Å². The van der Waals surface area contributed by atoms with E-state index in [0.29, 0.717) is 12.8 Å². The van der Waals surface area contributed by atoms with Gasteiger partial charge < -0.3 is 4.65 Å². The summed E-state index contributed by atoms with van der Waals surface area (Å²) in [4.78, 5) is 0. The smallest absolute Gasteiger partial charge is 0.286 e. The van der Waals surface area contributed by atoms with E-state index in [-0.39, 0.29) is 0 Å². The Morgan fingerprint density at radius 3 is 2.00 bits per heavy atom. The number of hydrogen-bond acceptors (Lipinski definition) is 1. The Labute approximate surface area is 52.5 Å². The standard InChI is InChI=1S/C6H15BO/c1-6(2)5-8-7(3)4/h6H,5H2,1-4H3. The van der Waals surface area contributed by atoms with Crippen LogP contribution < -0.4 is 0 Å². The maximum absolute atomic E-state index is 5.30. The third-order valence-electron chi connectivity index (χ3n) is 0.763. The Kier molecular flexibility index (Phi) is 3.97. The first-order valence-electron chi connectivity index (χ1n) is 3.24. The second kappa shape index (κ2) is 3.96. The lowest BCUT2D eigenvalue weighted by molar-refractivity contribution is 0.276. The molecule has 0 rings (SSSR count). The molecule has 1 nitrogen and oxygen atoms in total. The fraction of sp³-hybridized carbons (Fsp3) is 1.00. The maximum atomic E-state index is 5.30. The molecular weight excluding hydrogens is 98.9 g/mol. The van der Waals surface area contributed by atoms with Crippen LogP contribution in [-0.2, 0) is 4.65 Å². The molecule has 0 atom stereocenters. The van der Waals surface area contributed by atoms with Crippen molar-refractivity contribution in [2.24, 2.45) is 5.92 Å². The Balaban J connectivity index is 2.93. The summed E-state index contributed by atoms with van der Waals surface area (Å²) >= 11 is 0. The highest BCUT2D eigenvalue weighted by atomic mass is 16.4. The molecule has 0 N–H and O–H groups in total. The summed E-state index contributed by atoms with van der Waals surface area (Å²) in [5, 5.41) is 0. The second-order valence-electron chi connectivity index (χ2n) is 2.78. The zero-order valence-electron chi connectivity index (χ0n) is 6.27. The molecule has 0 bridgehead atoms. The number of rotatable bonds is 3. The molecule has 0 saturated heterocycles. The van der Waals surface area contributed by atoms with Crippen LogP contribution in [0.4, 0.5) is 0 Å². The predicted octanol–water partition coefficient (Wildman–Crippen LogP) is 1.91. The molecule has 0 aromatic carbocycles. The molecule has 2 heteroatoms. The lowest BCUT2D eigenvalue weighted by Gasteiger charge is -2.06. The molecule has 0 unspecified atom stereocenters. The van der Waals surface area contributed by atoms with E-state index in [1.165, 1.54) is 0 Å². The molecule has 0 heterocycles. The first-order valence-corrected chi connectivity index (χ1v) is 3.24. The molecule has 0 saturated carbocycles. The van der Waals surface area contributed by atoms with Gasteiger partial charge in [0.15, 0.2) is 0 Å². The molecule has 0 fully saturated rings. The van der Waals surface area contributed by atoms with Crippen LogP contribution >= 0.6 is 0 Å². The summed E-state index contributed by atoms with van der Waals surface area (Å²) in [6.07, 6.45) is 0. The van der Waals surface area contributed by atoms with Crippen molar-refractivity contribution in [3.05, 3.63) is 0 Å². The average molecular weight is 114 g/mol. The summed E-state index contributed by atoms with van der Waals surface area (Å²) in [6.45, 7) is 9.70. The maximum Gasteiger partial charge on any atom is 0.286 e. The summed E-state index contributed by atoms with van der Waals surface area (Å²) in [6, 6.07) is 0. The van der Waals surface area contributed by atoms with Crippen molar-refractivity contribution >= 4 is 6.92 Å². The Morgan fingerprint density at radius 1 is 1.38 bits per heavy atom. The van der Waals surface area contributed by atoms with Crippen molar-refractivity contribution in [2.45, 2.75) is 27.5 Å². The lowest BCUT2D eigenvalue weighted by Crippen LogP contribution is -2.12. The van der Waals surface area contributed by atoms with Crippen molar-refractivity contribution in [1.29, 1.82) is 0 Å². The highest BCUT2D eigenvalue weighted by molar-refractivity contribution is 6.48. The molecule has 0 aliphatic heterocycles. The molecule has 0 radical (unpaired) electrons. The van der Waals surface area contributed by atoms with Gasteiger partial charge >= 0.3 is 0 Å². The van der Waals surface area contributed by atoms with Crippen LogP contribution in [0.3, 0.4) is 0 Å². The van der Waals surface area contributed by atoms with Crippen LogP contribution in [0, 0.1) is 5.92 Å². The van der Waals surface area contributed by atoms with E-state index in [9.17, 15) is 0 Å². The third kappa shape index (κ3) is 6.02. The van der Waals surface area contributed by atoms with Crippen LogP contribution in [0.2, 0.25) is 13.6 Å². The third-order valence-corrected chi connectivity index (χ3v) is 0.763. The van der Waals surface area contributed by atoms with Gasteiger partial charge in [0.1, 0.15) is 0 Å². The van der Waals surface area contributed by atoms with Crippen LogP contribution in [0.1, 0.15) is 13.8 Å². The van der Waals surface area contributed by atoms with E-state index in [4.69, 9.17) is 4.65 Å². The lowest BCUT2D eigenvalue weighted by atomic mass is 9.75. The zero-order chi connectivity index (χ0) is 6.57.